The minimum atomic E-state index is -4.09. The number of amides is 1. The summed E-state index contributed by atoms with van der Waals surface area (Å²) in [6.45, 7) is 11.3. The number of carbonyl (C=O) groups is 1. The topological polar surface area (TPSA) is 81.1 Å². The van der Waals surface area contributed by atoms with Gasteiger partial charge < -0.3 is 0 Å². The Labute approximate surface area is 166 Å². The number of aromatic nitrogens is 2. The Bertz CT molecular complexity index is 963. The summed E-state index contributed by atoms with van der Waals surface area (Å²) in [5.41, 5.74) is 1.83. The lowest BCUT2D eigenvalue weighted by atomic mass is 9.86. The van der Waals surface area contributed by atoms with Gasteiger partial charge in [-0.1, -0.05) is 33.8 Å². The van der Waals surface area contributed by atoms with Crippen LogP contribution in [0.1, 0.15) is 76.1 Å². The number of nitrogens with zero attached hydrogens (tertiary/aromatic N) is 2. The molecule has 6 nitrogen and oxygen atoms in total. The van der Waals surface area contributed by atoms with Crippen LogP contribution in [0.4, 0.5) is 4.39 Å². The normalized spacial score (nSPS) is 12.2. The molecule has 1 N–H and O–H groups in total. The number of carbonyl (C=O) groups excluding carboxylic acids is 1. The summed E-state index contributed by atoms with van der Waals surface area (Å²) >= 11 is 0. The summed E-state index contributed by atoms with van der Waals surface area (Å²) < 4.78 is 43.0. The highest BCUT2D eigenvalue weighted by atomic mass is 32.2. The fraction of sp³-hybridized carbons (Fsp3) is 0.500. The first-order valence-corrected chi connectivity index (χ1v) is 10.8. The van der Waals surface area contributed by atoms with Crippen molar-refractivity contribution in [2.75, 3.05) is 0 Å². The van der Waals surface area contributed by atoms with Gasteiger partial charge in [0.05, 0.1) is 6.42 Å². The van der Waals surface area contributed by atoms with Crippen LogP contribution in [-0.4, -0.2) is 24.1 Å². The van der Waals surface area contributed by atoms with Crippen LogP contribution in [-0.2, 0) is 21.2 Å². The SMILES string of the molecule is CC(C)c1ccc(F)c(C(C)C)c1CC(=O)NS(=O)(=O)c1ccn(C(C)C)n1. The highest BCUT2D eigenvalue weighted by Gasteiger charge is 2.24. The monoisotopic (exact) mass is 409 g/mol. The van der Waals surface area contributed by atoms with Crippen molar-refractivity contribution in [2.45, 2.75) is 70.9 Å². The maximum atomic E-state index is 14.4. The lowest BCUT2D eigenvalue weighted by Gasteiger charge is -2.20. The van der Waals surface area contributed by atoms with Crippen molar-refractivity contribution in [2.24, 2.45) is 0 Å². The zero-order valence-corrected chi connectivity index (χ0v) is 18.0. The molecule has 2 rings (SSSR count). The molecule has 0 saturated heterocycles. The first kappa shape index (κ1) is 22.1. The van der Waals surface area contributed by atoms with Gasteiger partial charge in [-0.15, -0.1) is 0 Å². The number of halogens is 1. The van der Waals surface area contributed by atoms with Gasteiger partial charge in [0, 0.05) is 12.2 Å². The summed E-state index contributed by atoms with van der Waals surface area (Å²) in [5.74, 6) is -1.17. The molecule has 0 atom stereocenters. The second-order valence-corrected chi connectivity index (χ2v) is 9.40. The fourth-order valence-electron chi connectivity index (χ4n) is 3.17. The molecule has 1 heterocycles. The van der Waals surface area contributed by atoms with Gasteiger partial charge in [-0.25, -0.2) is 9.11 Å². The zero-order chi connectivity index (χ0) is 21.2. The lowest BCUT2D eigenvalue weighted by Crippen LogP contribution is -2.33. The van der Waals surface area contributed by atoms with E-state index in [1.165, 1.54) is 16.8 Å². The maximum Gasteiger partial charge on any atom is 0.283 e. The van der Waals surface area contributed by atoms with Gasteiger partial charge in [-0.2, -0.15) is 13.5 Å². The zero-order valence-electron chi connectivity index (χ0n) is 17.2. The molecule has 0 saturated carbocycles. The van der Waals surface area contributed by atoms with E-state index in [9.17, 15) is 17.6 Å². The number of rotatable bonds is 7. The standard InChI is InChI=1S/C20H28FN3O3S/c1-12(2)15-7-8-17(21)20(13(3)4)16(15)11-18(25)23-28(26,27)19-9-10-24(22-19)14(5)6/h7-10,12-14H,11H2,1-6H3,(H,23,25). The van der Waals surface area contributed by atoms with Crippen molar-refractivity contribution in [3.8, 4) is 0 Å². The number of nitrogens with one attached hydrogen (secondary N) is 1. The van der Waals surface area contributed by atoms with Crippen molar-refractivity contribution in [3.63, 3.8) is 0 Å². The van der Waals surface area contributed by atoms with Crippen LogP contribution in [0.5, 0.6) is 0 Å². The Morgan fingerprint density at radius 2 is 1.75 bits per heavy atom. The van der Waals surface area contributed by atoms with E-state index in [2.05, 4.69) is 9.82 Å². The van der Waals surface area contributed by atoms with E-state index in [1.54, 1.807) is 12.3 Å². The first-order chi connectivity index (χ1) is 12.9. The molecule has 0 aliphatic rings. The van der Waals surface area contributed by atoms with Crippen LogP contribution in [0.15, 0.2) is 29.4 Å². The largest absolute Gasteiger partial charge is 0.283 e. The van der Waals surface area contributed by atoms with Gasteiger partial charge in [0.2, 0.25) is 5.91 Å². The van der Waals surface area contributed by atoms with E-state index in [0.717, 1.165) is 5.56 Å². The Kier molecular flexibility index (Phi) is 6.64. The minimum Gasteiger partial charge on any atom is -0.274 e. The van der Waals surface area contributed by atoms with Crippen molar-refractivity contribution in [1.29, 1.82) is 0 Å². The highest BCUT2D eigenvalue weighted by Crippen LogP contribution is 2.30. The van der Waals surface area contributed by atoms with Crippen LogP contribution in [0.25, 0.3) is 0 Å². The second-order valence-electron chi connectivity index (χ2n) is 7.77. The van der Waals surface area contributed by atoms with E-state index in [-0.39, 0.29) is 35.1 Å². The Morgan fingerprint density at radius 1 is 1.11 bits per heavy atom. The number of sulfonamides is 1. The third-order valence-corrected chi connectivity index (χ3v) is 5.78. The van der Waals surface area contributed by atoms with Crippen molar-refractivity contribution < 1.29 is 17.6 Å². The Morgan fingerprint density at radius 3 is 2.25 bits per heavy atom. The molecule has 0 unspecified atom stereocenters. The molecule has 154 valence electrons. The van der Waals surface area contributed by atoms with Gasteiger partial charge in [0.25, 0.3) is 10.0 Å². The molecule has 2 aromatic rings. The van der Waals surface area contributed by atoms with E-state index in [1.807, 2.05) is 41.5 Å². The van der Waals surface area contributed by atoms with Crippen LogP contribution in [0, 0.1) is 5.82 Å². The summed E-state index contributed by atoms with van der Waals surface area (Å²) in [5, 5.41) is 3.78. The van der Waals surface area contributed by atoms with Crippen molar-refractivity contribution >= 4 is 15.9 Å². The molecule has 28 heavy (non-hydrogen) atoms. The van der Waals surface area contributed by atoms with Gasteiger partial charge in [-0.05, 0) is 54.5 Å². The summed E-state index contributed by atoms with van der Waals surface area (Å²) in [7, 11) is -4.09. The average molecular weight is 410 g/mol. The summed E-state index contributed by atoms with van der Waals surface area (Å²) in [4.78, 5) is 12.6. The van der Waals surface area contributed by atoms with Crippen LogP contribution in [0.3, 0.4) is 0 Å². The van der Waals surface area contributed by atoms with Crippen molar-refractivity contribution in [3.05, 3.63) is 46.9 Å². The van der Waals surface area contributed by atoms with Crippen molar-refractivity contribution in [1.82, 2.24) is 14.5 Å². The van der Waals surface area contributed by atoms with E-state index >= 15 is 0 Å². The molecular weight excluding hydrogens is 381 g/mol. The van der Waals surface area contributed by atoms with Gasteiger partial charge in [0.1, 0.15) is 5.82 Å². The second kappa shape index (κ2) is 8.43. The van der Waals surface area contributed by atoms with Crippen LogP contribution in [0.2, 0.25) is 0 Å². The highest BCUT2D eigenvalue weighted by molar-refractivity contribution is 7.90. The van der Waals surface area contributed by atoms with Gasteiger partial charge in [0.15, 0.2) is 5.03 Å². The summed E-state index contributed by atoms with van der Waals surface area (Å²) in [6, 6.07) is 4.40. The number of hydrogen-bond acceptors (Lipinski definition) is 4. The lowest BCUT2D eigenvalue weighted by molar-refractivity contribution is -0.118. The minimum absolute atomic E-state index is 0.00542. The molecule has 8 heteroatoms. The number of hydrogen-bond donors (Lipinski definition) is 1. The number of benzene rings is 1. The van der Waals surface area contributed by atoms with E-state index in [4.69, 9.17) is 0 Å². The first-order valence-electron chi connectivity index (χ1n) is 9.36. The van der Waals surface area contributed by atoms with Crippen LogP contribution < -0.4 is 4.72 Å². The molecule has 0 aliphatic heterocycles. The predicted octanol–water partition coefficient (Wildman–Crippen LogP) is 3.90. The fourth-order valence-corrected chi connectivity index (χ4v) is 4.08. The predicted molar refractivity (Wildman–Crippen MR) is 106 cm³/mol. The van der Waals surface area contributed by atoms with Gasteiger partial charge >= 0.3 is 0 Å². The maximum absolute atomic E-state index is 14.4. The van der Waals surface area contributed by atoms with Gasteiger partial charge in [-0.3, -0.25) is 9.48 Å². The molecular formula is C20H28FN3O3S. The quantitative estimate of drug-likeness (QED) is 0.752. The van der Waals surface area contributed by atoms with E-state index < -0.39 is 15.9 Å². The Balaban J connectivity index is 2.33. The average Bonchev–Trinajstić information content (AvgIpc) is 3.04. The third-order valence-electron chi connectivity index (χ3n) is 4.51. The summed E-state index contributed by atoms with van der Waals surface area (Å²) in [6.07, 6.45) is 1.33. The molecule has 1 amide bonds. The Hall–Kier alpha value is -2.22. The van der Waals surface area contributed by atoms with Crippen LogP contribution >= 0.6 is 0 Å². The molecule has 0 fully saturated rings. The molecule has 0 spiro atoms. The third kappa shape index (κ3) is 4.79. The smallest absolute Gasteiger partial charge is 0.274 e. The molecule has 0 aliphatic carbocycles. The van der Waals surface area contributed by atoms with E-state index in [0.29, 0.717) is 11.1 Å². The molecule has 1 aromatic carbocycles. The molecule has 0 bridgehead atoms. The molecule has 0 radical (unpaired) electrons. The molecule has 1 aromatic heterocycles.